The number of rotatable bonds is 7. The van der Waals surface area contributed by atoms with Crippen LogP contribution in [0.15, 0.2) is 35.9 Å². The Morgan fingerprint density at radius 2 is 1.49 bits per heavy atom. The molecular formula is C20H11B8NO7S. The van der Waals surface area contributed by atoms with Gasteiger partial charge in [0.15, 0.2) is 5.50 Å². The van der Waals surface area contributed by atoms with Gasteiger partial charge in [-0.2, -0.15) is 8.42 Å². The average Bonchev–Trinajstić information content (AvgIpc) is 3.05. The number of Topliss-reactive ketones (excluding diaryl/α,β-unsaturated/α-hetero) is 1. The Morgan fingerprint density at radius 3 is 1.97 bits per heavy atom. The zero-order chi connectivity index (χ0) is 28.1. The van der Waals surface area contributed by atoms with Crippen molar-refractivity contribution in [3.63, 3.8) is 0 Å². The van der Waals surface area contributed by atoms with E-state index in [2.05, 4.69) is 0 Å². The van der Waals surface area contributed by atoms with Crippen LogP contribution in [0.2, 0.25) is 0 Å². The lowest BCUT2D eigenvalue weighted by atomic mass is 9.53. The molecule has 1 aliphatic rings. The third-order valence-corrected chi connectivity index (χ3v) is 6.98. The number of benzene rings is 2. The normalized spacial score (nSPS) is 17.9. The standard InChI is InChI=1S/C20H11B8NO7S/c1-2-34-18(31)7-3-5-8(6-4-7)19(26)16(30)15(17(29)35-19)36-37(32,33)20(27,28)9-10(21)12(23)14(25)13(24)11(9)22/h3-6H,2,29H2,1H3/t19-/m0/s1. The van der Waals surface area contributed by atoms with Gasteiger partial charge in [0.1, 0.15) is 47.1 Å². The van der Waals surface area contributed by atoms with Crippen molar-refractivity contribution in [1.29, 1.82) is 0 Å². The van der Waals surface area contributed by atoms with Crippen molar-refractivity contribution in [2.24, 2.45) is 5.73 Å². The van der Waals surface area contributed by atoms with Crippen LogP contribution in [0.4, 0.5) is 0 Å². The monoisotopic (exact) mass is 497 g/mol. The van der Waals surface area contributed by atoms with Gasteiger partial charge in [-0.25, -0.2) is 4.79 Å². The molecule has 37 heavy (non-hydrogen) atoms. The molecule has 1 aliphatic heterocycles. The van der Waals surface area contributed by atoms with Gasteiger partial charge in [-0.1, -0.05) is 17.7 Å². The van der Waals surface area contributed by atoms with E-state index < -0.39 is 60.0 Å². The molecule has 0 unspecified atom stereocenters. The molecule has 8 nitrogen and oxygen atoms in total. The molecule has 0 saturated carbocycles. The Bertz CT molecular complexity index is 1410. The minimum Gasteiger partial charge on any atom is -0.467 e. The molecule has 3 rings (SSSR count). The van der Waals surface area contributed by atoms with Crippen molar-refractivity contribution < 1.29 is 31.7 Å². The van der Waals surface area contributed by atoms with E-state index in [1.54, 1.807) is 6.92 Å². The summed E-state index contributed by atoms with van der Waals surface area (Å²) in [5, 5.41) is 0. The smallest absolute Gasteiger partial charge is 0.338 e. The number of ketones is 1. The average molecular weight is 496 g/mol. The van der Waals surface area contributed by atoms with Gasteiger partial charge in [0, 0.05) is 0 Å². The van der Waals surface area contributed by atoms with E-state index in [9.17, 15) is 18.0 Å². The highest BCUT2D eigenvalue weighted by Gasteiger charge is 2.50. The summed E-state index contributed by atoms with van der Waals surface area (Å²) in [7, 11) is 41.6. The molecule has 0 aliphatic carbocycles. The summed E-state index contributed by atoms with van der Waals surface area (Å²) < 4.78 is 38.4. The maximum atomic E-state index is 13.2. The first-order valence-electron chi connectivity index (χ1n) is 10.3. The Hall–Kier alpha value is -2.81. The van der Waals surface area contributed by atoms with Crippen LogP contribution < -0.4 is 33.0 Å². The number of hydrogen-bond donors (Lipinski definition) is 1. The molecule has 0 spiro atoms. The number of ether oxygens (including phenoxy) is 2. The summed E-state index contributed by atoms with van der Waals surface area (Å²) >= 11 is 0. The minimum absolute atomic E-state index is 0.00354. The fourth-order valence-corrected chi connectivity index (χ4v) is 4.44. The van der Waals surface area contributed by atoms with Gasteiger partial charge in [-0.15, -0.1) is 27.3 Å². The number of carbonyl (C=O) groups excluding carboxylic acids is 2. The zero-order valence-corrected chi connectivity index (χ0v) is 20.3. The van der Waals surface area contributed by atoms with Crippen molar-refractivity contribution in [2.75, 3.05) is 6.61 Å². The van der Waals surface area contributed by atoms with E-state index in [1.165, 1.54) is 24.3 Å². The highest BCUT2D eigenvalue weighted by atomic mass is 32.2. The number of carbonyl (C=O) groups is 2. The second-order valence-electron chi connectivity index (χ2n) is 7.93. The first kappa shape index (κ1) is 28.8. The zero-order valence-electron chi connectivity index (χ0n) is 19.5. The molecule has 0 aromatic heterocycles. The molecule has 0 amide bonds. The number of hydrogen-bond acceptors (Lipinski definition) is 8. The van der Waals surface area contributed by atoms with Gasteiger partial charge < -0.3 is 19.4 Å². The molecule has 1 atom stereocenters. The quantitative estimate of drug-likeness (QED) is 0.229. The Labute approximate surface area is 225 Å². The molecule has 2 N–H and O–H groups in total. The van der Waals surface area contributed by atoms with Crippen LogP contribution in [-0.4, -0.2) is 89.5 Å². The SMILES string of the molecule is [B]c1c([B])c([B])c(C([B])([B])S(=O)(=O)OC2=C(N)O[C@@]([B])(c3ccc(C(=O)OCC)cc3)C2=O)c([B])c1[B]. The fourth-order valence-electron chi connectivity index (χ4n) is 3.46. The molecule has 0 bridgehead atoms. The van der Waals surface area contributed by atoms with E-state index >= 15 is 0 Å². The molecule has 168 valence electrons. The van der Waals surface area contributed by atoms with Gasteiger partial charge in [0.05, 0.1) is 32.4 Å². The summed E-state index contributed by atoms with van der Waals surface area (Å²) in [6.07, 6.45) is 0. The summed E-state index contributed by atoms with van der Waals surface area (Å²) in [4.78, 5) is 25.0. The van der Waals surface area contributed by atoms with Gasteiger partial charge in [0.25, 0.3) is 0 Å². The highest BCUT2D eigenvalue weighted by Crippen LogP contribution is 2.37. The lowest BCUT2D eigenvalue weighted by Gasteiger charge is -2.33. The third-order valence-electron chi connectivity index (χ3n) is 5.56. The number of esters is 1. The van der Waals surface area contributed by atoms with E-state index in [1.807, 2.05) is 0 Å². The van der Waals surface area contributed by atoms with Crippen LogP contribution in [0.3, 0.4) is 0 Å². The summed E-state index contributed by atoms with van der Waals surface area (Å²) in [6.45, 7) is 1.78. The highest BCUT2D eigenvalue weighted by molar-refractivity contribution is 7.90. The maximum absolute atomic E-state index is 13.2. The van der Waals surface area contributed by atoms with Crippen LogP contribution in [0, 0.1) is 0 Å². The molecule has 0 fully saturated rings. The second kappa shape index (κ2) is 9.82. The topological polar surface area (TPSA) is 122 Å². The third kappa shape index (κ3) is 4.67. The van der Waals surface area contributed by atoms with Crippen LogP contribution in [0.25, 0.3) is 0 Å². The van der Waals surface area contributed by atoms with Gasteiger partial charge in [0.2, 0.25) is 17.4 Å². The van der Waals surface area contributed by atoms with Crippen LogP contribution in [0.5, 0.6) is 0 Å². The van der Waals surface area contributed by atoms with Crippen LogP contribution in [0.1, 0.15) is 28.4 Å². The summed E-state index contributed by atoms with van der Waals surface area (Å²) in [5.74, 6) is -3.63. The summed E-state index contributed by atoms with van der Waals surface area (Å²) in [5.41, 5.74) is 1.10. The van der Waals surface area contributed by atoms with Gasteiger partial charge in [-0.3, -0.25) is 4.79 Å². The van der Waals surface area contributed by atoms with E-state index in [4.69, 9.17) is 82.2 Å². The van der Waals surface area contributed by atoms with Crippen molar-refractivity contribution in [2.45, 2.75) is 17.0 Å². The van der Waals surface area contributed by atoms with Crippen molar-refractivity contribution in [3.8, 4) is 0 Å². The van der Waals surface area contributed by atoms with Crippen molar-refractivity contribution >= 4 is 112 Å². The predicted molar refractivity (Wildman–Crippen MR) is 144 cm³/mol. The molecule has 16 radical (unpaired) electrons. The van der Waals surface area contributed by atoms with E-state index in [-0.39, 0.29) is 34.1 Å². The lowest BCUT2D eigenvalue weighted by Crippen LogP contribution is -2.60. The van der Waals surface area contributed by atoms with Crippen molar-refractivity contribution in [1.82, 2.24) is 0 Å². The van der Waals surface area contributed by atoms with E-state index in [0.29, 0.717) is 0 Å². The molecule has 1 heterocycles. The fraction of sp³-hybridized carbons (Fsp3) is 0.200. The van der Waals surface area contributed by atoms with Crippen LogP contribution in [-0.2, 0) is 38.6 Å². The van der Waals surface area contributed by atoms with Gasteiger partial charge >= 0.3 is 16.1 Å². The first-order chi connectivity index (χ1) is 17.0. The van der Waals surface area contributed by atoms with Crippen molar-refractivity contribution in [3.05, 3.63) is 52.6 Å². The van der Waals surface area contributed by atoms with E-state index in [0.717, 1.165) is 0 Å². The number of nitrogens with two attached hydrogens (primary N) is 1. The molecule has 2 aromatic carbocycles. The molecule has 17 heteroatoms. The van der Waals surface area contributed by atoms with Gasteiger partial charge in [-0.05, 0) is 24.6 Å². The second-order valence-corrected chi connectivity index (χ2v) is 9.68. The minimum atomic E-state index is -5.22. The Morgan fingerprint density at radius 1 is 1.00 bits per heavy atom. The predicted octanol–water partition coefficient (Wildman–Crippen LogP) is -5.63. The van der Waals surface area contributed by atoms with Crippen LogP contribution >= 0.6 is 0 Å². The molecule has 2 aromatic rings. The lowest BCUT2D eigenvalue weighted by molar-refractivity contribution is -0.126. The maximum Gasteiger partial charge on any atom is 0.338 e. The molecular weight excluding hydrogens is 485 g/mol. The molecule has 0 saturated heterocycles. The Kier molecular flexibility index (Phi) is 7.63. The largest absolute Gasteiger partial charge is 0.467 e. The Balaban J connectivity index is 1.97. The first-order valence-corrected chi connectivity index (χ1v) is 11.8. The summed E-state index contributed by atoms with van der Waals surface area (Å²) in [6, 6.07) is 5.20.